The Bertz CT molecular complexity index is 1330. The minimum absolute atomic E-state index is 0.0323. The lowest BCUT2D eigenvalue weighted by Crippen LogP contribution is -2.45. The lowest BCUT2D eigenvalue weighted by atomic mass is 9.80. The fraction of sp³-hybridized carbons (Fsp3) is 0.194. The van der Waals surface area contributed by atoms with Gasteiger partial charge in [0.05, 0.1) is 17.6 Å². The van der Waals surface area contributed by atoms with Crippen LogP contribution in [0.5, 0.6) is 0 Å². The Morgan fingerprint density at radius 3 is 1.59 bits per heavy atom. The van der Waals surface area contributed by atoms with E-state index in [0.717, 1.165) is 16.7 Å². The van der Waals surface area contributed by atoms with Gasteiger partial charge in [0.1, 0.15) is 17.5 Å². The summed E-state index contributed by atoms with van der Waals surface area (Å²) in [6.07, 6.45) is -0.540. The van der Waals surface area contributed by atoms with E-state index in [2.05, 4.69) is 0 Å². The van der Waals surface area contributed by atoms with Gasteiger partial charge in [0.25, 0.3) is 0 Å². The SMILES string of the molecule is O=C1COC(COC(c2ccccc2)(c2ccccc2)c2ccccc2)CC1S(=O)(=O)c1ccccc1. The van der Waals surface area contributed by atoms with Gasteiger partial charge in [-0.2, -0.15) is 0 Å². The molecule has 0 aromatic heterocycles. The summed E-state index contributed by atoms with van der Waals surface area (Å²) in [4.78, 5) is 12.8. The highest BCUT2D eigenvalue weighted by atomic mass is 32.2. The molecule has 1 aliphatic rings. The van der Waals surface area contributed by atoms with Gasteiger partial charge >= 0.3 is 0 Å². The van der Waals surface area contributed by atoms with Crippen LogP contribution in [-0.4, -0.2) is 38.8 Å². The van der Waals surface area contributed by atoms with E-state index in [4.69, 9.17) is 9.47 Å². The molecule has 0 spiro atoms. The van der Waals surface area contributed by atoms with Gasteiger partial charge in [-0.3, -0.25) is 4.79 Å². The first kappa shape index (κ1) is 25.1. The molecule has 1 saturated heterocycles. The molecule has 1 heterocycles. The first-order valence-corrected chi connectivity index (χ1v) is 13.8. The highest BCUT2D eigenvalue weighted by molar-refractivity contribution is 7.92. The molecule has 5 rings (SSSR count). The maximum Gasteiger partial charge on any atom is 0.188 e. The lowest BCUT2D eigenvalue weighted by molar-refractivity contribution is -0.136. The third-order valence-electron chi connectivity index (χ3n) is 6.77. The molecule has 1 aliphatic heterocycles. The Hall–Kier alpha value is -3.58. The van der Waals surface area contributed by atoms with Gasteiger partial charge < -0.3 is 9.47 Å². The summed E-state index contributed by atoms with van der Waals surface area (Å²) in [6.45, 7) is -0.160. The summed E-state index contributed by atoms with van der Waals surface area (Å²) in [6, 6.07) is 37.9. The third kappa shape index (κ3) is 5.01. The number of carbonyl (C=O) groups excluding carboxylic acids is 1. The topological polar surface area (TPSA) is 69.7 Å². The van der Waals surface area contributed by atoms with Gasteiger partial charge in [0.15, 0.2) is 15.6 Å². The zero-order valence-corrected chi connectivity index (χ0v) is 21.1. The quantitative estimate of drug-likeness (QED) is 0.304. The summed E-state index contributed by atoms with van der Waals surface area (Å²) in [5, 5.41) is -1.17. The van der Waals surface area contributed by atoms with Crippen LogP contribution in [0.1, 0.15) is 23.1 Å². The number of sulfone groups is 1. The van der Waals surface area contributed by atoms with Gasteiger partial charge in [-0.15, -0.1) is 0 Å². The van der Waals surface area contributed by atoms with Crippen molar-refractivity contribution in [1.29, 1.82) is 0 Å². The molecule has 0 aliphatic carbocycles. The molecule has 5 nitrogen and oxygen atoms in total. The minimum atomic E-state index is -3.84. The van der Waals surface area contributed by atoms with E-state index in [0.29, 0.717) is 0 Å². The van der Waals surface area contributed by atoms with Gasteiger partial charge in [-0.05, 0) is 28.8 Å². The summed E-state index contributed by atoms with van der Waals surface area (Å²) in [7, 11) is -3.84. The van der Waals surface area contributed by atoms with Crippen LogP contribution >= 0.6 is 0 Å². The van der Waals surface area contributed by atoms with E-state index in [1.54, 1.807) is 18.2 Å². The van der Waals surface area contributed by atoms with E-state index >= 15 is 0 Å². The zero-order chi connectivity index (χ0) is 25.7. The maximum absolute atomic E-state index is 13.3. The van der Waals surface area contributed by atoms with E-state index < -0.39 is 32.6 Å². The van der Waals surface area contributed by atoms with E-state index in [1.807, 2.05) is 91.0 Å². The van der Waals surface area contributed by atoms with Gasteiger partial charge in [-0.1, -0.05) is 109 Å². The average molecular weight is 513 g/mol. The van der Waals surface area contributed by atoms with E-state index in [-0.39, 0.29) is 24.5 Å². The third-order valence-corrected chi connectivity index (χ3v) is 8.90. The Kier molecular flexibility index (Phi) is 7.33. The van der Waals surface area contributed by atoms with Crippen molar-refractivity contribution in [2.24, 2.45) is 0 Å². The fourth-order valence-electron chi connectivity index (χ4n) is 4.91. The van der Waals surface area contributed by atoms with Crippen molar-refractivity contribution in [1.82, 2.24) is 0 Å². The number of ketones is 1. The molecule has 0 N–H and O–H groups in total. The molecule has 0 amide bonds. The largest absolute Gasteiger partial charge is 0.368 e. The number of benzene rings is 4. The predicted molar refractivity (Wildman–Crippen MR) is 142 cm³/mol. The Balaban J connectivity index is 1.49. The van der Waals surface area contributed by atoms with Crippen LogP contribution in [0.3, 0.4) is 0 Å². The molecule has 188 valence electrons. The second-order valence-corrected chi connectivity index (χ2v) is 11.2. The molecule has 4 aromatic rings. The number of hydrogen-bond acceptors (Lipinski definition) is 5. The molecule has 37 heavy (non-hydrogen) atoms. The monoisotopic (exact) mass is 512 g/mol. The molecule has 1 fully saturated rings. The number of Topliss-reactive ketones (excluding diaryl/α,β-unsaturated/α-hetero) is 1. The van der Waals surface area contributed by atoms with Crippen molar-refractivity contribution in [2.75, 3.05) is 13.2 Å². The van der Waals surface area contributed by atoms with Crippen LogP contribution in [0.25, 0.3) is 0 Å². The standard InChI is InChI=1S/C31H28O5S/c32-29-23-35-27(21-30(29)37(33,34)28-19-11-4-12-20-28)22-36-31(24-13-5-1-6-14-24,25-15-7-2-8-16-25)26-17-9-3-10-18-26/h1-20,27,30H,21-23H2. The molecular formula is C31H28O5S. The molecule has 2 unspecified atom stereocenters. The van der Waals surface area contributed by atoms with Crippen molar-refractivity contribution in [3.05, 3.63) is 138 Å². The van der Waals surface area contributed by atoms with Crippen LogP contribution in [0, 0.1) is 0 Å². The van der Waals surface area contributed by atoms with Crippen molar-refractivity contribution >= 4 is 15.6 Å². The highest BCUT2D eigenvalue weighted by Crippen LogP contribution is 2.41. The summed E-state index contributed by atoms with van der Waals surface area (Å²) < 4.78 is 39.2. The van der Waals surface area contributed by atoms with Crippen LogP contribution in [0.4, 0.5) is 0 Å². The molecule has 4 aromatic carbocycles. The molecule has 0 radical (unpaired) electrons. The highest BCUT2D eigenvalue weighted by Gasteiger charge is 2.42. The molecule has 0 saturated carbocycles. The van der Waals surface area contributed by atoms with Crippen LogP contribution in [-0.2, 0) is 29.7 Å². The number of hydrogen-bond donors (Lipinski definition) is 0. The maximum atomic E-state index is 13.3. The van der Waals surface area contributed by atoms with Crippen molar-refractivity contribution in [3.63, 3.8) is 0 Å². The second-order valence-electron chi connectivity index (χ2n) is 9.07. The Labute approximate surface area is 217 Å². The van der Waals surface area contributed by atoms with Crippen LogP contribution in [0.15, 0.2) is 126 Å². The second kappa shape index (κ2) is 10.8. The van der Waals surface area contributed by atoms with Crippen LogP contribution < -0.4 is 0 Å². The van der Waals surface area contributed by atoms with E-state index in [9.17, 15) is 13.2 Å². The van der Waals surface area contributed by atoms with Gasteiger partial charge in [0, 0.05) is 6.42 Å². The fourth-order valence-corrected chi connectivity index (χ4v) is 6.66. The predicted octanol–water partition coefficient (Wildman–Crippen LogP) is 5.20. The van der Waals surface area contributed by atoms with Gasteiger partial charge in [-0.25, -0.2) is 8.42 Å². The molecule has 2 atom stereocenters. The first-order chi connectivity index (χ1) is 18.0. The number of carbonyl (C=O) groups is 1. The summed E-state index contributed by atoms with van der Waals surface area (Å²) in [5.41, 5.74) is 1.86. The summed E-state index contributed by atoms with van der Waals surface area (Å²) >= 11 is 0. The van der Waals surface area contributed by atoms with Crippen molar-refractivity contribution in [3.8, 4) is 0 Å². The smallest absolute Gasteiger partial charge is 0.188 e. The normalized spacial score (nSPS) is 18.4. The van der Waals surface area contributed by atoms with Crippen LogP contribution in [0.2, 0.25) is 0 Å². The number of rotatable bonds is 8. The minimum Gasteiger partial charge on any atom is -0.368 e. The van der Waals surface area contributed by atoms with Gasteiger partial charge in [0.2, 0.25) is 0 Å². The average Bonchev–Trinajstić information content (AvgIpc) is 2.96. The zero-order valence-electron chi connectivity index (χ0n) is 20.3. The van der Waals surface area contributed by atoms with Crippen molar-refractivity contribution in [2.45, 2.75) is 28.3 Å². The number of ether oxygens (including phenoxy) is 2. The molecule has 0 bridgehead atoms. The summed E-state index contributed by atoms with van der Waals surface area (Å²) in [5.74, 6) is -0.430. The molecule has 6 heteroatoms. The van der Waals surface area contributed by atoms with E-state index in [1.165, 1.54) is 12.1 Å². The first-order valence-electron chi connectivity index (χ1n) is 12.3. The lowest BCUT2D eigenvalue weighted by Gasteiger charge is -2.38. The van der Waals surface area contributed by atoms with Crippen molar-refractivity contribution < 1.29 is 22.7 Å². The Morgan fingerprint density at radius 2 is 1.14 bits per heavy atom. The molecular weight excluding hydrogens is 484 g/mol. The Morgan fingerprint density at radius 1 is 0.703 bits per heavy atom.